The molecule has 2 aliphatic heterocycles. The van der Waals surface area contributed by atoms with Crippen molar-refractivity contribution < 1.29 is 18.4 Å². The molecule has 2 amide bonds. The number of nitriles is 2. The van der Waals surface area contributed by atoms with Crippen LogP contribution in [0.1, 0.15) is 102 Å². The third kappa shape index (κ3) is 5.49. The number of carbonyl (C=O) groups excluding carboxylic acids is 2. The normalized spacial score (nSPS) is 16.6. The smallest absolute Gasteiger partial charge is 0.261 e. The van der Waals surface area contributed by atoms with Gasteiger partial charge in [-0.1, -0.05) is 66.2 Å². The van der Waals surface area contributed by atoms with Gasteiger partial charge in [0.1, 0.15) is 23.5 Å². The quantitative estimate of drug-likeness (QED) is 0.258. The monoisotopic (exact) mass is 542 g/mol. The topological polar surface area (TPSA) is 114 Å². The van der Waals surface area contributed by atoms with Gasteiger partial charge in [-0.05, 0) is 48.9 Å². The number of unbranched alkanes of at least 4 members (excludes halogenated alkanes) is 2. The minimum Gasteiger partial charge on any atom is -0.444 e. The lowest BCUT2D eigenvalue weighted by molar-refractivity contribution is -0.124. The number of fused-ring (bicyclic) bond motifs is 1. The Balaban J connectivity index is 1.89. The Kier molecular flexibility index (Phi) is 9.32. The highest BCUT2D eigenvalue weighted by molar-refractivity contribution is 6.29. The SMILES string of the molecule is CCCCC(CC)CN1C(=O)C2=C(c3ccc(C#N)o3)N(CC(CC)CCCC)C(=O)C2=C1c1ccc(C#N)o1. The molecule has 210 valence electrons. The molecule has 0 radical (unpaired) electrons. The van der Waals surface area contributed by atoms with Gasteiger partial charge in [0.15, 0.2) is 11.5 Å². The summed E-state index contributed by atoms with van der Waals surface area (Å²) in [7, 11) is 0. The first-order valence-corrected chi connectivity index (χ1v) is 14.5. The van der Waals surface area contributed by atoms with Crippen LogP contribution in [-0.2, 0) is 9.59 Å². The van der Waals surface area contributed by atoms with Crippen molar-refractivity contribution in [1.29, 1.82) is 10.5 Å². The molecular formula is C32H38N4O4. The van der Waals surface area contributed by atoms with Crippen LogP contribution in [0.3, 0.4) is 0 Å². The Morgan fingerprint density at radius 1 is 0.700 bits per heavy atom. The third-order valence-electron chi connectivity index (χ3n) is 8.05. The van der Waals surface area contributed by atoms with E-state index < -0.39 is 0 Å². The summed E-state index contributed by atoms with van der Waals surface area (Å²) in [6.07, 6.45) is 7.91. The molecule has 2 aromatic rings. The molecule has 2 unspecified atom stereocenters. The number of nitrogens with zero attached hydrogens (tertiary/aromatic N) is 4. The molecule has 0 aromatic carbocycles. The van der Waals surface area contributed by atoms with Gasteiger partial charge in [-0.2, -0.15) is 10.5 Å². The highest BCUT2D eigenvalue weighted by Crippen LogP contribution is 2.48. The Labute approximate surface area is 236 Å². The Morgan fingerprint density at radius 2 is 1.10 bits per heavy atom. The Morgan fingerprint density at radius 3 is 1.40 bits per heavy atom. The van der Waals surface area contributed by atoms with E-state index in [0.29, 0.717) is 36.0 Å². The van der Waals surface area contributed by atoms with Gasteiger partial charge in [-0.25, -0.2) is 0 Å². The fourth-order valence-electron chi connectivity index (χ4n) is 5.66. The van der Waals surface area contributed by atoms with Crippen molar-refractivity contribution in [3.05, 3.63) is 58.5 Å². The molecule has 0 N–H and O–H groups in total. The van der Waals surface area contributed by atoms with E-state index in [1.807, 2.05) is 12.1 Å². The van der Waals surface area contributed by atoms with Crippen molar-refractivity contribution in [2.75, 3.05) is 13.1 Å². The summed E-state index contributed by atoms with van der Waals surface area (Å²) in [6, 6.07) is 10.4. The maximum Gasteiger partial charge on any atom is 0.261 e. The van der Waals surface area contributed by atoms with Crippen LogP contribution in [-0.4, -0.2) is 34.7 Å². The molecule has 0 saturated heterocycles. The van der Waals surface area contributed by atoms with E-state index in [4.69, 9.17) is 8.83 Å². The van der Waals surface area contributed by atoms with Crippen LogP contribution >= 0.6 is 0 Å². The summed E-state index contributed by atoms with van der Waals surface area (Å²) < 4.78 is 11.7. The third-order valence-corrected chi connectivity index (χ3v) is 8.05. The molecule has 0 fully saturated rings. The van der Waals surface area contributed by atoms with E-state index in [2.05, 4.69) is 27.7 Å². The van der Waals surface area contributed by atoms with Crippen LogP contribution in [0.4, 0.5) is 0 Å². The molecule has 8 heteroatoms. The van der Waals surface area contributed by atoms with E-state index in [0.717, 1.165) is 51.4 Å². The van der Waals surface area contributed by atoms with Crippen LogP contribution in [0, 0.1) is 34.5 Å². The highest BCUT2D eigenvalue weighted by Gasteiger charge is 2.51. The zero-order valence-corrected chi connectivity index (χ0v) is 24.0. The van der Waals surface area contributed by atoms with Crippen molar-refractivity contribution >= 4 is 23.2 Å². The average molecular weight is 543 g/mol. The van der Waals surface area contributed by atoms with Gasteiger partial charge in [-0.15, -0.1) is 0 Å². The maximum atomic E-state index is 14.3. The van der Waals surface area contributed by atoms with E-state index >= 15 is 0 Å². The standard InChI is InChI=1S/C32H38N4O4/c1-5-9-11-21(7-3)19-35-29(25-15-13-23(17-33)39-25)27-28(31(35)37)30(26-16-14-24(18-34)40-26)36(32(27)38)20-22(8-4)12-10-6-2/h13-16,21-22H,5-12,19-20H2,1-4H3. The van der Waals surface area contributed by atoms with Crippen LogP contribution < -0.4 is 0 Å². The fraction of sp³-hybridized carbons (Fsp3) is 0.500. The van der Waals surface area contributed by atoms with E-state index in [-0.39, 0.29) is 46.3 Å². The zero-order valence-electron chi connectivity index (χ0n) is 24.0. The lowest BCUT2D eigenvalue weighted by atomic mass is 9.98. The van der Waals surface area contributed by atoms with Crippen LogP contribution in [0.5, 0.6) is 0 Å². The van der Waals surface area contributed by atoms with Gasteiger partial charge in [0, 0.05) is 13.1 Å². The average Bonchev–Trinajstić information content (AvgIpc) is 3.74. The van der Waals surface area contributed by atoms with Gasteiger partial charge in [0.05, 0.1) is 11.1 Å². The second kappa shape index (κ2) is 12.9. The van der Waals surface area contributed by atoms with Gasteiger partial charge < -0.3 is 18.6 Å². The summed E-state index contributed by atoms with van der Waals surface area (Å²) >= 11 is 0. The first-order chi connectivity index (χ1) is 19.4. The molecule has 8 nitrogen and oxygen atoms in total. The number of amides is 2. The largest absolute Gasteiger partial charge is 0.444 e. The number of carbonyl (C=O) groups is 2. The molecule has 2 aliphatic rings. The molecule has 4 rings (SSSR count). The van der Waals surface area contributed by atoms with Gasteiger partial charge in [0.25, 0.3) is 11.8 Å². The zero-order chi connectivity index (χ0) is 28.8. The van der Waals surface area contributed by atoms with Crippen molar-refractivity contribution in [2.24, 2.45) is 11.8 Å². The summed E-state index contributed by atoms with van der Waals surface area (Å²) in [5.74, 6) is 0.801. The lowest BCUT2D eigenvalue weighted by Gasteiger charge is -2.28. The summed E-state index contributed by atoms with van der Waals surface area (Å²) in [5, 5.41) is 18.8. The van der Waals surface area contributed by atoms with Crippen molar-refractivity contribution in [2.45, 2.75) is 79.1 Å². The highest BCUT2D eigenvalue weighted by atomic mass is 16.3. The minimum atomic E-state index is -0.280. The van der Waals surface area contributed by atoms with Crippen LogP contribution in [0.15, 0.2) is 44.2 Å². The van der Waals surface area contributed by atoms with E-state index in [1.165, 1.54) is 0 Å². The van der Waals surface area contributed by atoms with Gasteiger partial charge >= 0.3 is 0 Å². The Hall–Kier alpha value is -4.04. The molecule has 0 spiro atoms. The number of rotatable bonds is 14. The molecule has 2 atom stereocenters. The summed E-state index contributed by atoms with van der Waals surface area (Å²) in [6.45, 7) is 9.39. The number of hydrogen-bond acceptors (Lipinski definition) is 6. The second-order valence-corrected chi connectivity index (χ2v) is 10.7. The first kappa shape index (κ1) is 29.0. The lowest BCUT2D eigenvalue weighted by Crippen LogP contribution is -2.34. The van der Waals surface area contributed by atoms with Crippen molar-refractivity contribution in [3.63, 3.8) is 0 Å². The molecule has 0 saturated carbocycles. The van der Waals surface area contributed by atoms with E-state index in [1.54, 1.807) is 34.1 Å². The van der Waals surface area contributed by atoms with Crippen LogP contribution in [0.25, 0.3) is 11.4 Å². The van der Waals surface area contributed by atoms with Crippen molar-refractivity contribution in [3.8, 4) is 12.1 Å². The molecular weight excluding hydrogens is 504 g/mol. The molecule has 2 aromatic heterocycles. The van der Waals surface area contributed by atoms with Crippen LogP contribution in [0.2, 0.25) is 0 Å². The predicted octanol–water partition coefficient (Wildman–Crippen LogP) is 6.86. The molecule has 40 heavy (non-hydrogen) atoms. The minimum absolute atomic E-state index is 0.115. The maximum absolute atomic E-state index is 14.3. The fourth-order valence-corrected chi connectivity index (χ4v) is 5.66. The van der Waals surface area contributed by atoms with Gasteiger partial charge in [-0.3, -0.25) is 9.59 Å². The molecule has 0 bridgehead atoms. The molecule has 0 aliphatic carbocycles. The first-order valence-electron chi connectivity index (χ1n) is 14.5. The van der Waals surface area contributed by atoms with E-state index in [9.17, 15) is 20.1 Å². The summed E-state index contributed by atoms with van der Waals surface area (Å²) in [4.78, 5) is 31.9. The Bertz CT molecular complexity index is 1290. The number of hydrogen-bond donors (Lipinski definition) is 0. The second-order valence-electron chi connectivity index (χ2n) is 10.7. The summed E-state index contributed by atoms with van der Waals surface area (Å²) in [5.41, 5.74) is 1.39. The molecule has 4 heterocycles. The van der Waals surface area contributed by atoms with Gasteiger partial charge in [0.2, 0.25) is 11.5 Å². The predicted molar refractivity (Wildman–Crippen MR) is 151 cm³/mol. The van der Waals surface area contributed by atoms with Crippen molar-refractivity contribution in [1.82, 2.24) is 9.80 Å². The number of furan rings is 2.